The number of hydrogen-bond donors (Lipinski definition) is 1. The summed E-state index contributed by atoms with van der Waals surface area (Å²) in [5.74, 6) is 0.442. The van der Waals surface area contributed by atoms with Gasteiger partial charge in [0, 0.05) is 18.6 Å². The van der Waals surface area contributed by atoms with E-state index in [4.69, 9.17) is 49.0 Å². The fourth-order valence-electron chi connectivity index (χ4n) is 1.65. The molecule has 21 heavy (non-hydrogen) atoms. The van der Waals surface area contributed by atoms with E-state index < -0.39 is 0 Å². The molecule has 0 aliphatic rings. The third kappa shape index (κ3) is 8.10. The largest absolute Gasteiger partial charge is 0.488 e. The Kier molecular flexibility index (Phi) is 10.2. The third-order valence-electron chi connectivity index (χ3n) is 2.66. The summed E-state index contributed by atoms with van der Waals surface area (Å²) in [5, 5.41) is 3.49. The average Bonchev–Trinajstić information content (AvgIpc) is 2.43. The van der Waals surface area contributed by atoms with E-state index in [1.54, 1.807) is 19.2 Å². The van der Waals surface area contributed by atoms with Crippen LogP contribution >= 0.6 is 34.8 Å². The number of halogens is 3. The molecule has 1 rings (SSSR count). The molecule has 1 aromatic carbocycles. The highest BCUT2D eigenvalue weighted by atomic mass is 35.5. The minimum Gasteiger partial charge on any atom is -0.488 e. The van der Waals surface area contributed by atoms with Crippen molar-refractivity contribution in [3.05, 3.63) is 27.2 Å². The maximum atomic E-state index is 6.01. The Morgan fingerprint density at radius 1 is 0.952 bits per heavy atom. The first-order chi connectivity index (χ1) is 10.1. The molecule has 0 unspecified atom stereocenters. The third-order valence-corrected chi connectivity index (χ3v) is 3.44. The second-order valence-corrected chi connectivity index (χ2v) is 5.62. The second-order valence-electron chi connectivity index (χ2n) is 4.37. The number of quaternary nitrogens is 1. The van der Waals surface area contributed by atoms with Gasteiger partial charge in [0.15, 0.2) is 5.75 Å². The first kappa shape index (κ1) is 18.8. The van der Waals surface area contributed by atoms with Crippen LogP contribution in [0.5, 0.6) is 5.75 Å². The Hall–Kier alpha value is -0.230. The quantitative estimate of drug-likeness (QED) is 0.619. The minimum absolute atomic E-state index is 0.394. The van der Waals surface area contributed by atoms with Gasteiger partial charge in [-0.15, -0.1) is 0 Å². The predicted octanol–water partition coefficient (Wildman–Crippen LogP) is 2.64. The highest BCUT2D eigenvalue weighted by molar-refractivity contribution is 6.40. The highest BCUT2D eigenvalue weighted by Crippen LogP contribution is 2.35. The van der Waals surface area contributed by atoms with E-state index in [1.165, 1.54) is 0 Å². The summed E-state index contributed by atoms with van der Waals surface area (Å²) in [4.78, 5) is 0. The molecule has 0 amide bonds. The van der Waals surface area contributed by atoms with Gasteiger partial charge in [0.2, 0.25) is 0 Å². The van der Waals surface area contributed by atoms with Crippen LogP contribution in [-0.2, 0) is 9.47 Å². The van der Waals surface area contributed by atoms with E-state index in [1.807, 2.05) is 0 Å². The second kappa shape index (κ2) is 11.4. The molecular weight excluding hydrogens is 337 g/mol. The topological polar surface area (TPSA) is 44.3 Å². The van der Waals surface area contributed by atoms with Gasteiger partial charge in [0.05, 0.1) is 43.0 Å². The molecule has 0 saturated carbocycles. The van der Waals surface area contributed by atoms with Crippen LogP contribution in [0.1, 0.15) is 6.42 Å². The molecule has 0 aliphatic heterocycles. The maximum Gasteiger partial charge on any atom is 0.156 e. The normalized spacial score (nSPS) is 10.9. The minimum atomic E-state index is 0.394. The Labute approximate surface area is 140 Å². The monoisotopic (exact) mass is 356 g/mol. The van der Waals surface area contributed by atoms with Gasteiger partial charge in [-0.25, -0.2) is 0 Å². The molecule has 1 aromatic rings. The molecule has 0 atom stereocenters. The van der Waals surface area contributed by atoms with Crippen LogP contribution < -0.4 is 10.1 Å². The van der Waals surface area contributed by atoms with Crippen molar-refractivity contribution >= 4 is 34.8 Å². The molecule has 0 aromatic heterocycles. The van der Waals surface area contributed by atoms with Crippen LogP contribution in [0.2, 0.25) is 15.1 Å². The van der Waals surface area contributed by atoms with Gasteiger partial charge in [-0.2, -0.15) is 0 Å². The first-order valence-corrected chi connectivity index (χ1v) is 7.94. The van der Waals surface area contributed by atoms with Crippen LogP contribution in [0.25, 0.3) is 0 Å². The van der Waals surface area contributed by atoms with Gasteiger partial charge in [-0.3, -0.25) is 0 Å². The Balaban J connectivity index is 2.07. The Morgan fingerprint density at radius 2 is 1.67 bits per heavy atom. The lowest BCUT2D eigenvalue weighted by molar-refractivity contribution is -0.656. The number of hydrogen-bond acceptors (Lipinski definition) is 3. The van der Waals surface area contributed by atoms with Crippen LogP contribution in [0.15, 0.2) is 12.1 Å². The number of benzene rings is 1. The zero-order chi connectivity index (χ0) is 15.5. The predicted molar refractivity (Wildman–Crippen MR) is 85.9 cm³/mol. The molecule has 0 fully saturated rings. The maximum absolute atomic E-state index is 6.01. The van der Waals surface area contributed by atoms with Crippen LogP contribution in [0.4, 0.5) is 0 Å². The van der Waals surface area contributed by atoms with Gasteiger partial charge in [-0.05, 0) is 12.1 Å². The first-order valence-electron chi connectivity index (χ1n) is 6.81. The van der Waals surface area contributed by atoms with Crippen molar-refractivity contribution in [2.24, 2.45) is 0 Å². The Morgan fingerprint density at radius 3 is 2.33 bits per heavy atom. The lowest BCUT2D eigenvalue weighted by atomic mass is 10.3. The molecular formula is C14H21Cl3NO3+. The van der Waals surface area contributed by atoms with Crippen LogP contribution in [-0.4, -0.2) is 46.6 Å². The summed E-state index contributed by atoms with van der Waals surface area (Å²) in [5.41, 5.74) is 0. The molecule has 7 heteroatoms. The van der Waals surface area contributed by atoms with E-state index in [0.717, 1.165) is 26.1 Å². The zero-order valence-corrected chi connectivity index (χ0v) is 14.3. The molecule has 2 N–H and O–H groups in total. The SMILES string of the molecule is COCCC[NH2+]CCOCCOc1c(Cl)cc(Cl)cc1Cl. The van der Waals surface area contributed by atoms with Gasteiger partial charge in [0.1, 0.15) is 6.61 Å². The lowest BCUT2D eigenvalue weighted by Crippen LogP contribution is -2.85. The van der Waals surface area contributed by atoms with Crippen LogP contribution in [0, 0.1) is 0 Å². The molecule has 4 nitrogen and oxygen atoms in total. The summed E-state index contributed by atoms with van der Waals surface area (Å²) >= 11 is 17.8. The van der Waals surface area contributed by atoms with Crippen molar-refractivity contribution in [2.75, 3.05) is 46.6 Å². The van der Waals surface area contributed by atoms with Crippen molar-refractivity contribution in [1.82, 2.24) is 0 Å². The molecule has 0 spiro atoms. The zero-order valence-electron chi connectivity index (χ0n) is 12.0. The average molecular weight is 358 g/mol. The van der Waals surface area contributed by atoms with Crippen molar-refractivity contribution in [3.8, 4) is 5.75 Å². The van der Waals surface area contributed by atoms with Crippen molar-refractivity contribution < 1.29 is 19.5 Å². The fraction of sp³-hybridized carbons (Fsp3) is 0.571. The van der Waals surface area contributed by atoms with Gasteiger partial charge < -0.3 is 19.5 Å². The number of rotatable bonds is 11. The van der Waals surface area contributed by atoms with Gasteiger partial charge in [-0.1, -0.05) is 34.8 Å². The fourth-order valence-corrected chi connectivity index (χ4v) is 2.58. The molecule has 120 valence electrons. The summed E-state index contributed by atoms with van der Waals surface area (Å²) in [6.45, 7) is 4.33. The molecule has 0 bridgehead atoms. The number of ether oxygens (including phenoxy) is 3. The van der Waals surface area contributed by atoms with E-state index >= 15 is 0 Å². The standard InChI is InChI=1S/C14H20Cl3NO3/c1-19-5-2-3-18-4-6-20-7-8-21-14-12(16)9-11(15)10-13(14)17/h9-10,18H,2-8H2,1H3/p+1. The van der Waals surface area contributed by atoms with Gasteiger partial charge >= 0.3 is 0 Å². The van der Waals surface area contributed by atoms with E-state index in [9.17, 15) is 0 Å². The van der Waals surface area contributed by atoms with Gasteiger partial charge in [0.25, 0.3) is 0 Å². The highest BCUT2D eigenvalue weighted by Gasteiger charge is 2.08. The molecule has 0 heterocycles. The number of nitrogens with two attached hydrogens (primary N) is 1. The molecule has 0 radical (unpaired) electrons. The van der Waals surface area contributed by atoms with Crippen LogP contribution in [0.3, 0.4) is 0 Å². The molecule has 0 saturated heterocycles. The smallest absolute Gasteiger partial charge is 0.156 e. The Bertz CT molecular complexity index is 395. The lowest BCUT2D eigenvalue weighted by Gasteiger charge is -2.10. The summed E-state index contributed by atoms with van der Waals surface area (Å²) < 4.78 is 15.9. The number of methoxy groups -OCH3 is 1. The van der Waals surface area contributed by atoms with Crippen molar-refractivity contribution in [3.63, 3.8) is 0 Å². The van der Waals surface area contributed by atoms with Crippen molar-refractivity contribution in [2.45, 2.75) is 6.42 Å². The van der Waals surface area contributed by atoms with E-state index in [0.29, 0.717) is 40.6 Å². The molecule has 0 aliphatic carbocycles. The van der Waals surface area contributed by atoms with Crippen molar-refractivity contribution in [1.29, 1.82) is 0 Å². The van der Waals surface area contributed by atoms with E-state index in [-0.39, 0.29) is 0 Å². The summed E-state index contributed by atoms with van der Waals surface area (Å²) in [6.07, 6.45) is 1.05. The van der Waals surface area contributed by atoms with E-state index in [2.05, 4.69) is 5.32 Å². The summed E-state index contributed by atoms with van der Waals surface area (Å²) in [6, 6.07) is 3.19. The summed E-state index contributed by atoms with van der Waals surface area (Å²) in [7, 11) is 1.71.